The third-order valence-electron chi connectivity index (χ3n) is 3.73. The lowest BCUT2D eigenvalue weighted by atomic mass is 10.1. The largest absolute Gasteiger partial charge is 0.478 e. The van der Waals surface area contributed by atoms with Gasteiger partial charge in [0.15, 0.2) is 0 Å². The van der Waals surface area contributed by atoms with Gasteiger partial charge in [0.1, 0.15) is 0 Å². The fourth-order valence-electron chi connectivity index (χ4n) is 2.30. The van der Waals surface area contributed by atoms with Crippen molar-refractivity contribution in [3.8, 4) is 0 Å². The molecule has 0 radical (unpaired) electrons. The van der Waals surface area contributed by atoms with Gasteiger partial charge in [-0.2, -0.15) is 0 Å². The summed E-state index contributed by atoms with van der Waals surface area (Å²) in [5.74, 6) is -0.984. The summed E-state index contributed by atoms with van der Waals surface area (Å²) in [6.45, 7) is 2.11. The van der Waals surface area contributed by atoms with E-state index in [4.69, 9.17) is 5.11 Å². The zero-order chi connectivity index (χ0) is 17.5. The molecule has 1 aromatic carbocycles. The van der Waals surface area contributed by atoms with Gasteiger partial charge in [0.05, 0.1) is 5.56 Å². The highest BCUT2D eigenvalue weighted by Gasteiger charge is 2.30. The molecule has 0 heterocycles. The van der Waals surface area contributed by atoms with E-state index in [0.29, 0.717) is 12.1 Å². The fourth-order valence-corrected chi connectivity index (χ4v) is 2.30. The Balaban J connectivity index is 1.74. The topological polar surface area (TPSA) is 95.5 Å². The smallest absolute Gasteiger partial charge is 0.336 e. The Labute approximate surface area is 140 Å². The van der Waals surface area contributed by atoms with Gasteiger partial charge in [-0.05, 0) is 31.4 Å². The van der Waals surface area contributed by atoms with Gasteiger partial charge in [-0.1, -0.05) is 30.4 Å². The van der Waals surface area contributed by atoms with Gasteiger partial charge in [-0.3, -0.25) is 9.59 Å². The first-order chi connectivity index (χ1) is 11.5. The Kier molecular flexibility index (Phi) is 6.12. The van der Waals surface area contributed by atoms with Gasteiger partial charge >= 0.3 is 5.97 Å². The number of rotatable bonds is 8. The van der Waals surface area contributed by atoms with Crippen molar-refractivity contribution in [2.24, 2.45) is 5.92 Å². The molecule has 1 unspecified atom stereocenters. The van der Waals surface area contributed by atoms with Crippen molar-refractivity contribution < 1.29 is 19.5 Å². The van der Waals surface area contributed by atoms with E-state index in [1.807, 2.05) is 0 Å². The summed E-state index contributed by atoms with van der Waals surface area (Å²) in [5, 5.41) is 14.6. The van der Waals surface area contributed by atoms with Crippen molar-refractivity contribution in [2.75, 3.05) is 6.54 Å². The molecule has 6 nitrogen and oxygen atoms in total. The molecule has 1 fully saturated rings. The quantitative estimate of drug-likeness (QED) is 0.677. The van der Waals surface area contributed by atoms with E-state index in [2.05, 4.69) is 10.6 Å². The van der Waals surface area contributed by atoms with Gasteiger partial charge in [0, 0.05) is 24.9 Å². The number of hydrogen-bond acceptors (Lipinski definition) is 3. The van der Waals surface area contributed by atoms with Crippen LogP contribution in [0.15, 0.2) is 30.3 Å². The van der Waals surface area contributed by atoms with Crippen LogP contribution in [0, 0.1) is 5.92 Å². The number of hydrogen-bond donors (Lipinski definition) is 3. The number of carboxylic acids is 1. The van der Waals surface area contributed by atoms with Gasteiger partial charge in [-0.15, -0.1) is 0 Å². The van der Waals surface area contributed by atoms with E-state index in [9.17, 15) is 14.4 Å². The third-order valence-corrected chi connectivity index (χ3v) is 3.73. The summed E-state index contributed by atoms with van der Waals surface area (Å²) < 4.78 is 0. The van der Waals surface area contributed by atoms with Gasteiger partial charge < -0.3 is 15.7 Å². The van der Waals surface area contributed by atoms with Crippen LogP contribution in [-0.2, 0) is 9.59 Å². The van der Waals surface area contributed by atoms with Crippen LogP contribution < -0.4 is 10.6 Å². The first kappa shape index (κ1) is 17.7. The van der Waals surface area contributed by atoms with E-state index in [0.717, 1.165) is 12.8 Å². The normalized spacial score (nSPS) is 15.0. The van der Waals surface area contributed by atoms with Gasteiger partial charge in [-0.25, -0.2) is 4.79 Å². The summed E-state index contributed by atoms with van der Waals surface area (Å²) in [5.41, 5.74) is 0.806. The van der Waals surface area contributed by atoms with Crippen molar-refractivity contribution in [2.45, 2.75) is 32.2 Å². The van der Waals surface area contributed by atoms with Crippen LogP contribution in [-0.4, -0.2) is 35.5 Å². The molecule has 2 rings (SSSR count). The Morgan fingerprint density at radius 1 is 1.29 bits per heavy atom. The van der Waals surface area contributed by atoms with Crippen molar-refractivity contribution in [1.82, 2.24) is 10.6 Å². The van der Waals surface area contributed by atoms with Crippen molar-refractivity contribution in [3.63, 3.8) is 0 Å². The van der Waals surface area contributed by atoms with Crippen LogP contribution >= 0.6 is 0 Å². The van der Waals surface area contributed by atoms with E-state index in [1.165, 1.54) is 6.07 Å². The number of amides is 2. The highest BCUT2D eigenvalue weighted by Crippen LogP contribution is 2.28. The number of benzene rings is 1. The second-order valence-electron chi connectivity index (χ2n) is 5.99. The van der Waals surface area contributed by atoms with E-state index in [-0.39, 0.29) is 35.8 Å². The Bertz CT molecular complexity index is 650. The molecule has 0 spiro atoms. The minimum absolute atomic E-state index is 0.0282. The van der Waals surface area contributed by atoms with Crippen molar-refractivity contribution in [1.29, 1.82) is 0 Å². The predicted octanol–water partition coefficient (Wildman–Crippen LogP) is 1.82. The molecular formula is C18H22N2O4. The molecule has 0 aliphatic heterocycles. The van der Waals surface area contributed by atoms with Crippen LogP contribution in [0.5, 0.6) is 0 Å². The number of carbonyl (C=O) groups excluding carboxylic acids is 2. The lowest BCUT2D eigenvalue weighted by Gasteiger charge is -2.13. The maximum absolute atomic E-state index is 11.8. The van der Waals surface area contributed by atoms with Crippen LogP contribution in [0.3, 0.4) is 0 Å². The number of nitrogens with one attached hydrogen (secondary N) is 2. The van der Waals surface area contributed by atoms with Crippen LogP contribution in [0.2, 0.25) is 0 Å². The van der Waals surface area contributed by atoms with Crippen LogP contribution in [0.1, 0.15) is 42.1 Å². The maximum Gasteiger partial charge on any atom is 0.336 e. The second-order valence-corrected chi connectivity index (χ2v) is 5.99. The third kappa shape index (κ3) is 5.53. The zero-order valence-corrected chi connectivity index (χ0v) is 13.6. The van der Waals surface area contributed by atoms with Gasteiger partial charge in [0.2, 0.25) is 11.8 Å². The monoisotopic (exact) mass is 330 g/mol. The van der Waals surface area contributed by atoms with Gasteiger partial charge in [0.25, 0.3) is 0 Å². The number of aromatic carboxylic acids is 1. The van der Waals surface area contributed by atoms with Crippen LogP contribution in [0.25, 0.3) is 6.08 Å². The molecule has 1 saturated carbocycles. The molecule has 1 aliphatic rings. The molecule has 128 valence electrons. The fraction of sp³-hybridized carbons (Fsp3) is 0.389. The highest BCUT2D eigenvalue weighted by atomic mass is 16.4. The molecule has 0 bridgehead atoms. The average molecular weight is 330 g/mol. The maximum atomic E-state index is 11.8. The van der Waals surface area contributed by atoms with Crippen LogP contribution in [0.4, 0.5) is 0 Å². The zero-order valence-electron chi connectivity index (χ0n) is 13.6. The lowest BCUT2D eigenvalue weighted by molar-refractivity contribution is -0.124. The SMILES string of the molecule is CC(CC(=O)NC/C=C\c1ccccc1C(=O)O)NC(=O)C1CC1. The minimum atomic E-state index is -0.987. The summed E-state index contributed by atoms with van der Waals surface area (Å²) in [4.78, 5) is 34.5. The first-order valence-corrected chi connectivity index (χ1v) is 8.03. The molecular weight excluding hydrogens is 308 g/mol. The standard InChI is InChI=1S/C18H22N2O4/c1-12(20-17(22)14-8-9-14)11-16(21)19-10-4-6-13-5-2-3-7-15(13)18(23)24/h2-7,12,14H,8-11H2,1H3,(H,19,21)(H,20,22)(H,23,24)/b6-4-. The molecule has 0 saturated heterocycles. The van der Waals surface area contributed by atoms with E-state index >= 15 is 0 Å². The molecule has 6 heteroatoms. The summed E-state index contributed by atoms with van der Waals surface area (Å²) in [7, 11) is 0. The molecule has 1 aliphatic carbocycles. The summed E-state index contributed by atoms with van der Waals surface area (Å²) >= 11 is 0. The molecule has 2 amide bonds. The minimum Gasteiger partial charge on any atom is -0.478 e. The highest BCUT2D eigenvalue weighted by molar-refractivity contribution is 5.92. The van der Waals surface area contributed by atoms with Crippen molar-refractivity contribution >= 4 is 23.9 Å². The number of carbonyl (C=O) groups is 3. The van der Waals surface area contributed by atoms with E-state index < -0.39 is 5.97 Å². The first-order valence-electron chi connectivity index (χ1n) is 8.03. The Morgan fingerprint density at radius 2 is 2.00 bits per heavy atom. The molecule has 1 atom stereocenters. The van der Waals surface area contributed by atoms with E-state index in [1.54, 1.807) is 37.3 Å². The summed E-state index contributed by atoms with van der Waals surface area (Å²) in [6.07, 6.45) is 5.47. The average Bonchev–Trinajstić information content (AvgIpc) is 3.36. The molecule has 24 heavy (non-hydrogen) atoms. The summed E-state index contributed by atoms with van der Waals surface area (Å²) in [6, 6.07) is 6.46. The predicted molar refractivity (Wildman–Crippen MR) is 90.4 cm³/mol. The second kappa shape index (κ2) is 8.29. The lowest BCUT2D eigenvalue weighted by Crippen LogP contribution is -2.38. The molecule has 0 aromatic heterocycles. The molecule has 3 N–H and O–H groups in total. The van der Waals surface area contributed by atoms with Crippen molar-refractivity contribution in [3.05, 3.63) is 41.5 Å². The molecule has 1 aromatic rings. The Hall–Kier alpha value is -2.63. The Morgan fingerprint density at radius 3 is 2.67 bits per heavy atom. The number of carboxylic acid groups (broad SMARTS) is 1.